The Bertz CT molecular complexity index is 944. The largest absolute Gasteiger partial charge is 0.322 e. The maximum Gasteiger partial charge on any atom is 0.258 e. The molecule has 2 aromatic heterocycles. The molecular formula is C19H18N4O2S2. The van der Waals surface area contributed by atoms with Crippen LogP contribution in [0.25, 0.3) is 0 Å². The van der Waals surface area contributed by atoms with E-state index in [1.807, 2.05) is 50.2 Å². The predicted molar refractivity (Wildman–Crippen MR) is 110 cm³/mol. The Hall–Kier alpha value is -2.71. The van der Waals surface area contributed by atoms with Crippen molar-refractivity contribution in [3.8, 4) is 0 Å². The summed E-state index contributed by atoms with van der Waals surface area (Å²) in [7, 11) is 0. The lowest BCUT2D eigenvalue weighted by molar-refractivity contribution is -0.113. The van der Waals surface area contributed by atoms with Gasteiger partial charge in [0.25, 0.3) is 5.91 Å². The van der Waals surface area contributed by atoms with Gasteiger partial charge in [-0.05, 0) is 37.6 Å². The highest BCUT2D eigenvalue weighted by Gasteiger charge is 2.18. The molecule has 0 fully saturated rings. The van der Waals surface area contributed by atoms with E-state index in [0.29, 0.717) is 21.4 Å². The number of anilines is 2. The van der Waals surface area contributed by atoms with E-state index in [1.54, 1.807) is 11.6 Å². The zero-order valence-corrected chi connectivity index (χ0v) is 16.5. The summed E-state index contributed by atoms with van der Waals surface area (Å²) < 4.78 is 0. The van der Waals surface area contributed by atoms with E-state index in [4.69, 9.17) is 0 Å². The van der Waals surface area contributed by atoms with Gasteiger partial charge in [0.2, 0.25) is 5.91 Å². The third-order valence-electron chi connectivity index (χ3n) is 3.59. The smallest absolute Gasteiger partial charge is 0.258 e. The topological polar surface area (TPSA) is 84.0 Å². The van der Waals surface area contributed by atoms with Gasteiger partial charge in [-0.15, -0.1) is 11.3 Å². The first-order chi connectivity index (χ1) is 13.0. The lowest BCUT2D eigenvalue weighted by Gasteiger charge is -2.13. The van der Waals surface area contributed by atoms with Crippen LogP contribution >= 0.6 is 23.1 Å². The molecule has 2 amide bonds. The number of nitrogens with one attached hydrogen (secondary N) is 2. The Morgan fingerprint density at radius 2 is 1.93 bits per heavy atom. The van der Waals surface area contributed by atoms with Crippen LogP contribution in [0.5, 0.6) is 0 Å². The molecule has 0 aliphatic carbocycles. The molecule has 0 spiro atoms. The van der Waals surface area contributed by atoms with Gasteiger partial charge in [-0.1, -0.05) is 30.0 Å². The number of benzene rings is 1. The van der Waals surface area contributed by atoms with Crippen LogP contribution in [0, 0.1) is 13.8 Å². The minimum Gasteiger partial charge on any atom is -0.322 e. The zero-order valence-electron chi connectivity index (χ0n) is 14.9. The van der Waals surface area contributed by atoms with Crippen molar-refractivity contribution in [1.82, 2.24) is 9.97 Å². The molecule has 0 atom stereocenters. The molecule has 8 heteroatoms. The van der Waals surface area contributed by atoms with Crippen molar-refractivity contribution in [2.24, 2.45) is 0 Å². The second kappa shape index (κ2) is 8.79. The highest BCUT2D eigenvalue weighted by molar-refractivity contribution is 8.00. The summed E-state index contributed by atoms with van der Waals surface area (Å²) in [6, 6.07) is 11.1. The fourth-order valence-corrected chi connectivity index (χ4v) is 3.96. The molecule has 138 valence electrons. The standard InChI is InChI=1S/C19H18N4O2S2/c1-12-10-13(2)21-18(27-11-15(24)23-19-20-8-9-26-19)16(12)17(25)22-14-6-4-3-5-7-14/h3-10H,11H2,1-2H3,(H,22,25)(H,20,23,24). The van der Waals surface area contributed by atoms with Gasteiger partial charge in [-0.2, -0.15) is 0 Å². The second-order valence-corrected chi connectivity index (χ2v) is 7.61. The fraction of sp³-hybridized carbons (Fsp3) is 0.158. The summed E-state index contributed by atoms with van der Waals surface area (Å²) in [5, 5.41) is 8.49. The first-order valence-electron chi connectivity index (χ1n) is 8.19. The number of thioether (sulfide) groups is 1. The Morgan fingerprint density at radius 1 is 1.15 bits per heavy atom. The van der Waals surface area contributed by atoms with Gasteiger partial charge in [0.05, 0.1) is 11.3 Å². The predicted octanol–water partition coefficient (Wildman–Crippen LogP) is 4.14. The lowest BCUT2D eigenvalue weighted by atomic mass is 10.1. The minimum absolute atomic E-state index is 0.140. The van der Waals surface area contributed by atoms with Crippen molar-refractivity contribution in [3.05, 3.63) is 64.8 Å². The number of rotatable bonds is 6. The number of para-hydroxylation sites is 1. The third kappa shape index (κ3) is 5.15. The van der Waals surface area contributed by atoms with Crippen LogP contribution in [-0.2, 0) is 4.79 Å². The number of thiazole rings is 1. The Kier molecular flexibility index (Phi) is 6.20. The number of hydrogen-bond donors (Lipinski definition) is 2. The van der Waals surface area contributed by atoms with Crippen molar-refractivity contribution in [1.29, 1.82) is 0 Å². The van der Waals surface area contributed by atoms with Crippen LogP contribution in [-0.4, -0.2) is 27.5 Å². The van der Waals surface area contributed by atoms with Crippen LogP contribution in [0.4, 0.5) is 10.8 Å². The van der Waals surface area contributed by atoms with Gasteiger partial charge in [-0.25, -0.2) is 9.97 Å². The monoisotopic (exact) mass is 398 g/mol. The Labute approximate surface area is 165 Å². The molecule has 0 aliphatic heterocycles. The SMILES string of the molecule is Cc1cc(C)c(C(=O)Nc2ccccc2)c(SCC(=O)Nc2nccs2)n1. The number of hydrogen-bond acceptors (Lipinski definition) is 6. The molecule has 0 saturated carbocycles. The molecule has 1 aromatic carbocycles. The third-order valence-corrected chi connectivity index (χ3v) is 5.25. The van der Waals surface area contributed by atoms with Gasteiger partial charge >= 0.3 is 0 Å². The lowest BCUT2D eigenvalue weighted by Crippen LogP contribution is -2.18. The summed E-state index contributed by atoms with van der Waals surface area (Å²) in [5.41, 5.74) is 2.81. The molecule has 27 heavy (non-hydrogen) atoms. The minimum atomic E-state index is -0.242. The Balaban J connectivity index is 1.75. The number of pyridine rings is 1. The first-order valence-corrected chi connectivity index (χ1v) is 10.1. The summed E-state index contributed by atoms with van der Waals surface area (Å²) in [5.74, 6) is -0.291. The molecular weight excluding hydrogens is 380 g/mol. The van der Waals surface area contributed by atoms with Crippen molar-refractivity contribution in [3.63, 3.8) is 0 Å². The maximum atomic E-state index is 12.8. The molecule has 3 aromatic rings. The molecule has 0 saturated heterocycles. The van der Waals surface area contributed by atoms with Crippen LogP contribution in [0.2, 0.25) is 0 Å². The zero-order chi connectivity index (χ0) is 19.2. The fourth-order valence-electron chi connectivity index (χ4n) is 2.47. The van der Waals surface area contributed by atoms with E-state index < -0.39 is 0 Å². The molecule has 2 N–H and O–H groups in total. The molecule has 3 rings (SSSR count). The number of nitrogens with zero attached hydrogens (tertiary/aromatic N) is 2. The molecule has 2 heterocycles. The van der Waals surface area contributed by atoms with E-state index >= 15 is 0 Å². The van der Waals surface area contributed by atoms with E-state index in [-0.39, 0.29) is 17.6 Å². The maximum absolute atomic E-state index is 12.8. The Morgan fingerprint density at radius 3 is 2.63 bits per heavy atom. The average Bonchev–Trinajstić information content (AvgIpc) is 3.13. The quantitative estimate of drug-likeness (QED) is 0.610. The van der Waals surface area contributed by atoms with Crippen molar-refractivity contribution < 1.29 is 9.59 Å². The number of carbonyl (C=O) groups is 2. The van der Waals surface area contributed by atoms with Crippen LogP contribution in [0.15, 0.2) is 53.0 Å². The molecule has 0 bridgehead atoms. The number of aromatic nitrogens is 2. The summed E-state index contributed by atoms with van der Waals surface area (Å²) >= 11 is 2.59. The molecule has 0 unspecified atom stereocenters. The van der Waals surface area contributed by atoms with Gasteiger partial charge in [-0.3, -0.25) is 9.59 Å². The van der Waals surface area contributed by atoms with Gasteiger partial charge in [0, 0.05) is 23.0 Å². The first kappa shape index (κ1) is 19.1. The number of amides is 2. The average molecular weight is 399 g/mol. The van der Waals surface area contributed by atoms with E-state index in [9.17, 15) is 9.59 Å². The van der Waals surface area contributed by atoms with Crippen LogP contribution in [0.3, 0.4) is 0 Å². The van der Waals surface area contributed by atoms with Crippen molar-refractivity contribution in [2.45, 2.75) is 18.9 Å². The van der Waals surface area contributed by atoms with E-state index in [1.165, 1.54) is 23.1 Å². The normalized spacial score (nSPS) is 10.4. The molecule has 6 nitrogen and oxygen atoms in total. The second-order valence-electron chi connectivity index (χ2n) is 5.75. The van der Waals surface area contributed by atoms with Crippen molar-refractivity contribution >= 4 is 45.7 Å². The molecule has 0 aliphatic rings. The summed E-state index contributed by atoms with van der Waals surface area (Å²) in [6.07, 6.45) is 1.63. The van der Waals surface area contributed by atoms with Gasteiger partial charge in [0.1, 0.15) is 5.03 Å². The highest BCUT2D eigenvalue weighted by atomic mass is 32.2. The van der Waals surface area contributed by atoms with Crippen LogP contribution in [0.1, 0.15) is 21.6 Å². The van der Waals surface area contributed by atoms with E-state index in [0.717, 1.165) is 11.3 Å². The summed E-state index contributed by atoms with van der Waals surface area (Å²) in [4.78, 5) is 33.4. The number of aryl methyl sites for hydroxylation is 2. The highest BCUT2D eigenvalue weighted by Crippen LogP contribution is 2.26. The van der Waals surface area contributed by atoms with E-state index in [2.05, 4.69) is 20.6 Å². The van der Waals surface area contributed by atoms with Crippen LogP contribution < -0.4 is 10.6 Å². The van der Waals surface area contributed by atoms with Crippen molar-refractivity contribution in [2.75, 3.05) is 16.4 Å². The number of carbonyl (C=O) groups excluding carboxylic acids is 2. The van der Waals surface area contributed by atoms with Gasteiger partial charge in [0.15, 0.2) is 5.13 Å². The van der Waals surface area contributed by atoms with Gasteiger partial charge < -0.3 is 10.6 Å². The molecule has 0 radical (unpaired) electrons. The summed E-state index contributed by atoms with van der Waals surface area (Å²) in [6.45, 7) is 3.74.